The summed E-state index contributed by atoms with van der Waals surface area (Å²) in [6.07, 6.45) is 4.64. The number of amides is 2. The van der Waals surface area contributed by atoms with Gasteiger partial charge in [-0.15, -0.1) is 0 Å². The third-order valence-electron chi connectivity index (χ3n) is 4.55. The van der Waals surface area contributed by atoms with E-state index >= 15 is 0 Å². The van der Waals surface area contributed by atoms with Gasteiger partial charge in [-0.25, -0.2) is 0 Å². The number of carbonyl (C=O) groups is 2. The second kappa shape index (κ2) is 14.0. The van der Waals surface area contributed by atoms with Crippen LogP contribution in [-0.4, -0.2) is 45.2 Å². The lowest BCUT2D eigenvalue weighted by molar-refractivity contribution is -0.114. The van der Waals surface area contributed by atoms with Gasteiger partial charge in [0.2, 0.25) is 5.91 Å². The Balaban J connectivity index is 1.79. The van der Waals surface area contributed by atoms with Crippen molar-refractivity contribution in [2.24, 2.45) is 0 Å². The van der Waals surface area contributed by atoms with E-state index in [1.807, 2.05) is 24.3 Å². The Bertz CT molecular complexity index is 826. The fourth-order valence-electron chi connectivity index (χ4n) is 2.91. The van der Waals surface area contributed by atoms with Crippen molar-refractivity contribution in [2.75, 3.05) is 44.0 Å². The van der Waals surface area contributed by atoms with Gasteiger partial charge in [-0.3, -0.25) is 9.59 Å². The zero-order valence-electron chi connectivity index (χ0n) is 18.4. The molecule has 0 aromatic heterocycles. The molecular formula is C24H33N3O4. The van der Waals surface area contributed by atoms with Gasteiger partial charge in [0.1, 0.15) is 5.75 Å². The van der Waals surface area contributed by atoms with Crippen molar-refractivity contribution in [1.82, 2.24) is 5.32 Å². The number of carbonyl (C=O) groups excluding carboxylic acids is 2. The Hall–Kier alpha value is -3.06. The average Bonchev–Trinajstić information content (AvgIpc) is 2.78. The van der Waals surface area contributed by atoms with E-state index in [2.05, 4.69) is 22.9 Å². The fourth-order valence-corrected chi connectivity index (χ4v) is 2.91. The summed E-state index contributed by atoms with van der Waals surface area (Å²) in [5.41, 5.74) is 1.86. The maximum absolute atomic E-state index is 12.3. The predicted molar refractivity (Wildman–Crippen MR) is 124 cm³/mol. The summed E-state index contributed by atoms with van der Waals surface area (Å²) in [5, 5.41) is 8.66. The van der Waals surface area contributed by atoms with Gasteiger partial charge in [0.25, 0.3) is 5.91 Å². The molecule has 0 fully saturated rings. The van der Waals surface area contributed by atoms with Gasteiger partial charge in [-0.05, 0) is 36.8 Å². The van der Waals surface area contributed by atoms with Crippen molar-refractivity contribution in [1.29, 1.82) is 0 Å². The molecule has 0 aliphatic carbocycles. The molecule has 31 heavy (non-hydrogen) atoms. The summed E-state index contributed by atoms with van der Waals surface area (Å²) in [4.78, 5) is 24.4. The lowest BCUT2D eigenvalue weighted by atomic mass is 10.2. The van der Waals surface area contributed by atoms with E-state index in [-0.39, 0.29) is 18.4 Å². The molecule has 0 aliphatic rings. The lowest BCUT2D eigenvalue weighted by Crippen LogP contribution is -2.27. The second-order valence-electron chi connectivity index (χ2n) is 7.17. The third-order valence-corrected chi connectivity index (χ3v) is 4.55. The smallest absolute Gasteiger partial charge is 0.251 e. The van der Waals surface area contributed by atoms with E-state index in [4.69, 9.17) is 9.47 Å². The highest BCUT2D eigenvalue weighted by molar-refractivity contribution is 5.98. The van der Waals surface area contributed by atoms with Gasteiger partial charge >= 0.3 is 0 Å². The zero-order chi connectivity index (χ0) is 22.3. The number of benzene rings is 2. The van der Waals surface area contributed by atoms with Crippen LogP contribution in [0.5, 0.6) is 5.75 Å². The number of hydrogen-bond acceptors (Lipinski definition) is 5. The minimum Gasteiger partial charge on any atom is -0.494 e. The normalized spacial score (nSPS) is 10.4. The molecule has 2 amide bonds. The minimum atomic E-state index is -0.210. The molecule has 7 heteroatoms. The molecule has 2 aromatic rings. The second-order valence-corrected chi connectivity index (χ2v) is 7.17. The molecule has 0 saturated heterocycles. The van der Waals surface area contributed by atoms with Crippen molar-refractivity contribution in [3.05, 3.63) is 54.1 Å². The maximum atomic E-state index is 12.3. The van der Waals surface area contributed by atoms with Crippen LogP contribution < -0.4 is 20.7 Å². The van der Waals surface area contributed by atoms with Crippen molar-refractivity contribution in [3.8, 4) is 5.75 Å². The summed E-state index contributed by atoms with van der Waals surface area (Å²) in [7, 11) is 1.58. The van der Waals surface area contributed by atoms with Crippen LogP contribution in [0.15, 0.2) is 48.5 Å². The van der Waals surface area contributed by atoms with Crippen LogP contribution in [-0.2, 0) is 9.53 Å². The first-order chi connectivity index (χ1) is 15.1. The molecule has 0 spiro atoms. The van der Waals surface area contributed by atoms with Crippen LogP contribution in [0.4, 0.5) is 11.4 Å². The number of unbranched alkanes of at least 4 members (excludes halogenated alkanes) is 3. The standard InChI is InChI=1S/C24H33N3O4/c1-3-4-5-6-14-31-22-12-8-10-20(17-22)26-18-23(28)27-21-11-7-9-19(16-21)24(29)25-13-15-30-2/h7-12,16-17,26H,3-6,13-15,18H2,1-2H3,(H,25,29)(H,27,28). The molecule has 0 saturated carbocycles. The summed E-state index contributed by atoms with van der Waals surface area (Å²) in [6.45, 7) is 3.85. The van der Waals surface area contributed by atoms with E-state index in [9.17, 15) is 9.59 Å². The minimum absolute atomic E-state index is 0.101. The van der Waals surface area contributed by atoms with Crippen molar-refractivity contribution < 1.29 is 19.1 Å². The molecule has 2 aromatic carbocycles. The van der Waals surface area contributed by atoms with Gasteiger partial charge in [0, 0.05) is 36.7 Å². The highest BCUT2D eigenvalue weighted by atomic mass is 16.5. The molecule has 0 radical (unpaired) electrons. The Morgan fingerprint density at radius 3 is 2.55 bits per heavy atom. The topological polar surface area (TPSA) is 88.7 Å². The highest BCUT2D eigenvalue weighted by Gasteiger charge is 2.08. The summed E-state index contributed by atoms with van der Waals surface area (Å²) in [5.74, 6) is 0.370. The SMILES string of the molecule is CCCCCCOc1cccc(NCC(=O)Nc2cccc(C(=O)NCCOC)c2)c1. The molecule has 0 atom stereocenters. The predicted octanol–water partition coefficient (Wildman–Crippen LogP) is 4.07. The molecule has 0 bridgehead atoms. The maximum Gasteiger partial charge on any atom is 0.251 e. The van der Waals surface area contributed by atoms with Crippen LogP contribution in [0.25, 0.3) is 0 Å². The van der Waals surface area contributed by atoms with Crippen LogP contribution in [0.1, 0.15) is 43.0 Å². The highest BCUT2D eigenvalue weighted by Crippen LogP contribution is 2.18. The van der Waals surface area contributed by atoms with Gasteiger partial charge < -0.3 is 25.4 Å². The summed E-state index contributed by atoms with van der Waals surface area (Å²) in [6, 6.07) is 14.4. The van der Waals surface area contributed by atoms with Crippen LogP contribution in [0.2, 0.25) is 0 Å². The first kappa shape index (κ1) is 24.2. The Morgan fingerprint density at radius 1 is 0.935 bits per heavy atom. The monoisotopic (exact) mass is 427 g/mol. The Kier molecular flexibility index (Phi) is 11.0. The van der Waals surface area contributed by atoms with E-state index in [1.54, 1.807) is 31.4 Å². The van der Waals surface area contributed by atoms with Gasteiger partial charge in [0.05, 0.1) is 19.8 Å². The molecule has 7 nitrogen and oxygen atoms in total. The van der Waals surface area contributed by atoms with Gasteiger partial charge in [-0.2, -0.15) is 0 Å². The summed E-state index contributed by atoms with van der Waals surface area (Å²) >= 11 is 0. The average molecular weight is 428 g/mol. The molecule has 168 valence electrons. The number of nitrogens with one attached hydrogen (secondary N) is 3. The van der Waals surface area contributed by atoms with Crippen molar-refractivity contribution in [3.63, 3.8) is 0 Å². The van der Waals surface area contributed by atoms with E-state index in [1.165, 1.54) is 19.3 Å². The van der Waals surface area contributed by atoms with Crippen LogP contribution >= 0.6 is 0 Å². The van der Waals surface area contributed by atoms with Crippen LogP contribution in [0.3, 0.4) is 0 Å². The molecule has 0 heterocycles. The zero-order valence-corrected chi connectivity index (χ0v) is 18.4. The van der Waals surface area contributed by atoms with Crippen molar-refractivity contribution >= 4 is 23.2 Å². The number of methoxy groups -OCH3 is 1. The molecular weight excluding hydrogens is 394 g/mol. The summed E-state index contributed by atoms with van der Waals surface area (Å²) < 4.78 is 10.7. The number of hydrogen-bond donors (Lipinski definition) is 3. The van der Waals surface area contributed by atoms with Gasteiger partial charge in [0.15, 0.2) is 0 Å². The molecule has 0 unspecified atom stereocenters. The van der Waals surface area contributed by atoms with E-state index in [0.29, 0.717) is 31.0 Å². The van der Waals surface area contributed by atoms with Crippen molar-refractivity contribution in [2.45, 2.75) is 32.6 Å². The van der Waals surface area contributed by atoms with E-state index in [0.717, 1.165) is 17.9 Å². The molecule has 0 aliphatic heterocycles. The third kappa shape index (κ3) is 9.53. The number of anilines is 2. The first-order valence-corrected chi connectivity index (χ1v) is 10.8. The molecule has 2 rings (SSSR count). The lowest BCUT2D eigenvalue weighted by Gasteiger charge is -2.11. The first-order valence-electron chi connectivity index (χ1n) is 10.8. The number of ether oxygens (including phenoxy) is 2. The fraction of sp³-hybridized carbons (Fsp3) is 0.417. The Labute approximate surface area is 184 Å². The Morgan fingerprint density at radius 2 is 1.74 bits per heavy atom. The quantitative estimate of drug-likeness (QED) is 0.396. The van der Waals surface area contributed by atoms with Gasteiger partial charge in [-0.1, -0.05) is 38.3 Å². The van der Waals surface area contributed by atoms with E-state index < -0.39 is 0 Å². The largest absolute Gasteiger partial charge is 0.494 e. The molecule has 3 N–H and O–H groups in total. The number of rotatable bonds is 14. The van der Waals surface area contributed by atoms with Crippen LogP contribution in [0, 0.1) is 0 Å².